The third-order valence-corrected chi connectivity index (χ3v) is 4.15. The molecule has 2 aromatic rings. The van der Waals surface area contributed by atoms with E-state index < -0.39 is 11.4 Å². The molecule has 0 unspecified atom stereocenters. The number of aliphatic hydroxyl groups is 1. The number of halogens is 1. The van der Waals surface area contributed by atoms with E-state index in [1.807, 2.05) is 29.1 Å². The van der Waals surface area contributed by atoms with Crippen molar-refractivity contribution in [2.45, 2.75) is 37.7 Å². The number of amides is 1. The second-order valence-electron chi connectivity index (χ2n) is 5.91. The van der Waals surface area contributed by atoms with Crippen molar-refractivity contribution in [1.29, 1.82) is 0 Å². The van der Waals surface area contributed by atoms with Crippen LogP contribution in [0, 0.1) is 5.82 Å². The molecule has 0 bridgehead atoms. The van der Waals surface area contributed by atoms with E-state index in [1.54, 1.807) is 12.1 Å². The fourth-order valence-corrected chi connectivity index (χ4v) is 2.98. The van der Waals surface area contributed by atoms with Gasteiger partial charge in [0.2, 0.25) is 5.91 Å². The monoisotopic (exact) mass is 302 g/mol. The summed E-state index contributed by atoms with van der Waals surface area (Å²) in [6.45, 7) is 0. The molecule has 3 rings (SSSR count). The number of carbonyl (C=O) groups excluding carboxylic acids is 1. The molecule has 1 aliphatic rings. The van der Waals surface area contributed by atoms with Gasteiger partial charge in [-0.25, -0.2) is 4.39 Å². The molecule has 5 heteroatoms. The molecule has 1 amide bonds. The molecule has 4 nitrogen and oxygen atoms in total. The number of rotatable bonds is 4. The largest absolute Gasteiger partial charge is 0.389 e. The first kappa shape index (κ1) is 14.8. The summed E-state index contributed by atoms with van der Waals surface area (Å²) in [7, 11) is 0. The Bertz CT molecular complexity index is 661. The average molecular weight is 302 g/mol. The molecule has 116 valence electrons. The number of nitrogens with one attached hydrogen (secondary N) is 1. The van der Waals surface area contributed by atoms with Crippen LogP contribution in [0.2, 0.25) is 0 Å². The molecule has 1 aromatic carbocycles. The molecule has 0 aliphatic heterocycles. The number of nitrogens with zero attached hydrogens (tertiary/aromatic N) is 1. The highest BCUT2D eigenvalue weighted by molar-refractivity contribution is 5.91. The van der Waals surface area contributed by atoms with Gasteiger partial charge in [-0.2, -0.15) is 0 Å². The van der Waals surface area contributed by atoms with Gasteiger partial charge in [-0.15, -0.1) is 0 Å². The van der Waals surface area contributed by atoms with Crippen LogP contribution in [0.4, 0.5) is 10.1 Å². The molecule has 0 spiro atoms. The maximum atomic E-state index is 13.9. The molecule has 1 saturated carbocycles. The Morgan fingerprint density at radius 1 is 1.27 bits per heavy atom. The summed E-state index contributed by atoms with van der Waals surface area (Å²) in [5.41, 5.74) is -0.0300. The molecule has 0 radical (unpaired) electrons. The van der Waals surface area contributed by atoms with Gasteiger partial charge in [0.25, 0.3) is 0 Å². The zero-order valence-electron chi connectivity index (χ0n) is 12.3. The van der Waals surface area contributed by atoms with Crippen LogP contribution in [-0.2, 0) is 4.79 Å². The van der Waals surface area contributed by atoms with Crippen molar-refractivity contribution in [2.24, 2.45) is 0 Å². The molecule has 1 aliphatic carbocycles. The van der Waals surface area contributed by atoms with Gasteiger partial charge in [0.1, 0.15) is 5.82 Å². The zero-order chi connectivity index (χ0) is 15.6. The molecule has 1 fully saturated rings. The topological polar surface area (TPSA) is 54.3 Å². The molecule has 1 heterocycles. The van der Waals surface area contributed by atoms with Gasteiger partial charge in [-0.1, -0.05) is 12.8 Å². The molecular weight excluding hydrogens is 283 g/mol. The summed E-state index contributed by atoms with van der Waals surface area (Å²) in [5.74, 6) is -0.837. The first-order valence-corrected chi connectivity index (χ1v) is 7.51. The van der Waals surface area contributed by atoms with Crippen LogP contribution < -0.4 is 5.32 Å². The predicted octanol–water partition coefficient (Wildman–Crippen LogP) is 3.25. The summed E-state index contributed by atoms with van der Waals surface area (Å²) in [4.78, 5) is 12.1. The quantitative estimate of drug-likeness (QED) is 0.911. The van der Waals surface area contributed by atoms with E-state index in [1.165, 1.54) is 6.07 Å². The third-order valence-electron chi connectivity index (χ3n) is 4.15. The Morgan fingerprint density at radius 2 is 1.95 bits per heavy atom. The van der Waals surface area contributed by atoms with Crippen molar-refractivity contribution in [3.05, 3.63) is 48.5 Å². The summed E-state index contributed by atoms with van der Waals surface area (Å²) >= 11 is 0. The number of benzene rings is 1. The van der Waals surface area contributed by atoms with E-state index in [0.29, 0.717) is 12.8 Å². The van der Waals surface area contributed by atoms with Gasteiger partial charge in [0, 0.05) is 18.1 Å². The Balaban J connectivity index is 1.74. The Labute approximate surface area is 128 Å². The predicted molar refractivity (Wildman–Crippen MR) is 82.4 cm³/mol. The Morgan fingerprint density at radius 3 is 2.64 bits per heavy atom. The molecule has 22 heavy (non-hydrogen) atoms. The lowest BCUT2D eigenvalue weighted by atomic mass is 9.97. The maximum Gasteiger partial charge on any atom is 0.227 e. The number of anilines is 1. The van der Waals surface area contributed by atoms with Gasteiger partial charge in [-0.3, -0.25) is 4.79 Å². The highest BCUT2D eigenvalue weighted by Gasteiger charge is 2.33. The minimum atomic E-state index is -0.932. The first-order chi connectivity index (χ1) is 10.6. The Hall–Kier alpha value is -2.14. The summed E-state index contributed by atoms with van der Waals surface area (Å²) < 4.78 is 15.7. The minimum Gasteiger partial charge on any atom is -0.389 e. The second kappa shape index (κ2) is 5.93. The fraction of sp³-hybridized carbons (Fsp3) is 0.353. The van der Waals surface area contributed by atoms with Gasteiger partial charge in [-0.05, 0) is 43.2 Å². The first-order valence-electron chi connectivity index (χ1n) is 7.51. The highest BCUT2D eigenvalue weighted by Crippen LogP contribution is 2.32. The van der Waals surface area contributed by atoms with Crippen LogP contribution in [0.3, 0.4) is 0 Å². The fourth-order valence-electron chi connectivity index (χ4n) is 2.98. The van der Waals surface area contributed by atoms with E-state index in [-0.39, 0.29) is 18.0 Å². The number of aromatic nitrogens is 1. The van der Waals surface area contributed by atoms with Crippen LogP contribution in [0.25, 0.3) is 5.69 Å². The van der Waals surface area contributed by atoms with Gasteiger partial charge >= 0.3 is 0 Å². The smallest absolute Gasteiger partial charge is 0.227 e. The molecular formula is C17H19FN2O2. The van der Waals surface area contributed by atoms with Gasteiger partial charge in [0.05, 0.1) is 17.7 Å². The van der Waals surface area contributed by atoms with Crippen LogP contribution in [0.5, 0.6) is 0 Å². The third kappa shape index (κ3) is 3.20. The van der Waals surface area contributed by atoms with Crippen molar-refractivity contribution in [3.8, 4) is 5.69 Å². The SMILES string of the molecule is O=C(CC1(O)CCCC1)Nc1cc(-n2cccc2)ccc1F. The van der Waals surface area contributed by atoms with Crippen molar-refractivity contribution in [2.75, 3.05) is 5.32 Å². The van der Waals surface area contributed by atoms with Crippen LogP contribution >= 0.6 is 0 Å². The van der Waals surface area contributed by atoms with Gasteiger partial charge in [0.15, 0.2) is 0 Å². The molecule has 0 saturated heterocycles. The summed E-state index contributed by atoms with van der Waals surface area (Å²) in [5, 5.41) is 12.8. The van der Waals surface area contributed by atoms with E-state index in [2.05, 4.69) is 5.32 Å². The number of hydrogen-bond acceptors (Lipinski definition) is 2. The van der Waals surface area contributed by atoms with E-state index in [9.17, 15) is 14.3 Å². The molecule has 0 atom stereocenters. The van der Waals surface area contributed by atoms with Crippen LogP contribution in [0.15, 0.2) is 42.7 Å². The normalized spacial score (nSPS) is 16.6. The second-order valence-corrected chi connectivity index (χ2v) is 5.91. The Kier molecular flexibility index (Phi) is 3.98. The van der Waals surface area contributed by atoms with E-state index in [4.69, 9.17) is 0 Å². The lowest BCUT2D eigenvalue weighted by Crippen LogP contribution is -2.30. The standard InChI is InChI=1S/C17H19FN2O2/c18-14-6-5-13(20-9-3-4-10-20)11-15(14)19-16(21)12-17(22)7-1-2-8-17/h3-6,9-11,22H,1-2,7-8,12H2,(H,19,21). The lowest BCUT2D eigenvalue weighted by Gasteiger charge is -2.21. The molecule has 1 aromatic heterocycles. The maximum absolute atomic E-state index is 13.9. The number of carbonyl (C=O) groups is 1. The van der Waals surface area contributed by atoms with E-state index in [0.717, 1.165) is 18.5 Å². The van der Waals surface area contributed by atoms with Crippen molar-refractivity contribution in [1.82, 2.24) is 4.57 Å². The van der Waals surface area contributed by atoms with Crippen molar-refractivity contribution >= 4 is 11.6 Å². The van der Waals surface area contributed by atoms with Crippen LogP contribution in [0.1, 0.15) is 32.1 Å². The molecule has 2 N–H and O–H groups in total. The van der Waals surface area contributed by atoms with E-state index >= 15 is 0 Å². The highest BCUT2D eigenvalue weighted by atomic mass is 19.1. The minimum absolute atomic E-state index is 0.0141. The zero-order valence-corrected chi connectivity index (χ0v) is 12.3. The lowest BCUT2D eigenvalue weighted by molar-refractivity contribution is -0.120. The van der Waals surface area contributed by atoms with Crippen molar-refractivity contribution < 1.29 is 14.3 Å². The average Bonchev–Trinajstić information content (AvgIpc) is 3.13. The summed E-state index contributed by atoms with van der Waals surface area (Å²) in [6.07, 6.45) is 6.83. The summed E-state index contributed by atoms with van der Waals surface area (Å²) in [6, 6.07) is 8.31. The number of hydrogen-bond donors (Lipinski definition) is 2. The van der Waals surface area contributed by atoms with Crippen molar-refractivity contribution in [3.63, 3.8) is 0 Å². The van der Waals surface area contributed by atoms with Gasteiger partial charge < -0.3 is 15.0 Å². The van der Waals surface area contributed by atoms with Crippen LogP contribution in [-0.4, -0.2) is 21.2 Å².